The molecular weight excluding hydrogens is 411 g/mol. The van der Waals surface area contributed by atoms with E-state index < -0.39 is 0 Å². The molecule has 3 aromatic rings. The van der Waals surface area contributed by atoms with Gasteiger partial charge in [-0.05, 0) is 29.8 Å². The van der Waals surface area contributed by atoms with Crippen LogP contribution in [0.3, 0.4) is 0 Å². The van der Waals surface area contributed by atoms with Crippen LogP contribution in [0.2, 0.25) is 15.1 Å². The molecular formula is C18H13Cl3N4O2. The van der Waals surface area contributed by atoms with E-state index >= 15 is 0 Å². The summed E-state index contributed by atoms with van der Waals surface area (Å²) in [6, 6.07) is 10.4. The van der Waals surface area contributed by atoms with Crippen LogP contribution in [0.5, 0.6) is 5.75 Å². The summed E-state index contributed by atoms with van der Waals surface area (Å²) in [4.78, 5) is 15.9. The smallest absolute Gasteiger partial charge is 0.229 e. The number of nitrogens with one attached hydrogen (secondary N) is 1. The number of hydrogen-bond acceptors (Lipinski definition) is 4. The van der Waals surface area contributed by atoms with Gasteiger partial charge >= 0.3 is 0 Å². The van der Waals surface area contributed by atoms with E-state index in [1.165, 1.54) is 6.33 Å². The topological polar surface area (TPSA) is 69.0 Å². The lowest BCUT2D eigenvalue weighted by molar-refractivity contribution is -0.117. The van der Waals surface area contributed by atoms with Crippen LogP contribution < -0.4 is 10.1 Å². The molecule has 0 bridgehead atoms. The Morgan fingerprint density at radius 3 is 2.78 bits per heavy atom. The molecule has 0 saturated heterocycles. The molecule has 138 valence electrons. The van der Waals surface area contributed by atoms with E-state index in [1.807, 2.05) is 6.07 Å². The number of anilines is 1. The summed E-state index contributed by atoms with van der Waals surface area (Å²) in [7, 11) is 0. The Hall–Kier alpha value is -2.28. The fourth-order valence-corrected chi connectivity index (χ4v) is 3.61. The first-order chi connectivity index (χ1) is 13.0. The largest absolute Gasteiger partial charge is 0.487 e. The lowest BCUT2D eigenvalue weighted by Crippen LogP contribution is -2.29. The van der Waals surface area contributed by atoms with E-state index in [-0.39, 0.29) is 25.0 Å². The van der Waals surface area contributed by atoms with Gasteiger partial charge in [0.1, 0.15) is 18.7 Å². The molecule has 6 nitrogen and oxygen atoms in total. The number of nitrogens with zero attached hydrogens (tertiary/aromatic N) is 3. The maximum Gasteiger partial charge on any atom is 0.229 e. The van der Waals surface area contributed by atoms with Gasteiger partial charge in [-0.1, -0.05) is 46.9 Å². The standard InChI is InChI=1S/C18H13Cl3N4O2/c19-12-3-1-11(13(20)6-12)8-27-16-4-2-10(5-14(16)21)15-7-17(26)24-18-22-9-23-25(15)18/h1-6,9,15H,7-8H2,(H,22,23,24,26)/t15-/m0/s1. The van der Waals surface area contributed by atoms with Crippen molar-refractivity contribution < 1.29 is 9.53 Å². The highest BCUT2D eigenvalue weighted by Gasteiger charge is 2.28. The summed E-state index contributed by atoms with van der Waals surface area (Å²) >= 11 is 18.5. The first kappa shape index (κ1) is 18.1. The fourth-order valence-electron chi connectivity index (χ4n) is 2.90. The van der Waals surface area contributed by atoms with Crippen molar-refractivity contribution in [1.82, 2.24) is 14.8 Å². The minimum atomic E-state index is -0.270. The second-order valence-electron chi connectivity index (χ2n) is 6.01. The Morgan fingerprint density at radius 2 is 2.00 bits per heavy atom. The maximum absolute atomic E-state index is 11.9. The van der Waals surface area contributed by atoms with Gasteiger partial charge in [-0.3, -0.25) is 10.1 Å². The summed E-state index contributed by atoms with van der Waals surface area (Å²) in [6.45, 7) is 0.258. The van der Waals surface area contributed by atoms with Gasteiger partial charge in [0.05, 0.1) is 17.5 Å². The van der Waals surface area contributed by atoms with Gasteiger partial charge in [-0.25, -0.2) is 4.68 Å². The molecule has 1 N–H and O–H groups in total. The summed E-state index contributed by atoms with van der Waals surface area (Å²) in [6.07, 6.45) is 1.66. The molecule has 27 heavy (non-hydrogen) atoms. The van der Waals surface area contributed by atoms with E-state index in [4.69, 9.17) is 39.5 Å². The number of amides is 1. The van der Waals surface area contributed by atoms with E-state index in [0.29, 0.717) is 26.8 Å². The molecule has 0 aliphatic carbocycles. The van der Waals surface area contributed by atoms with E-state index in [9.17, 15) is 4.79 Å². The zero-order valence-corrected chi connectivity index (χ0v) is 16.1. The van der Waals surface area contributed by atoms with Crippen LogP contribution in [0.25, 0.3) is 0 Å². The lowest BCUT2D eigenvalue weighted by Gasteiger charge is -2.24. The van der Waals surface area contributed by atoms with Crippen LogP contribution >= 0.6 is 34.8 Å². The van der Waals surface area contributed by atoms with Gasteiger partial charge in [-0.2, -0.15) is 10.1 Å². The summed E-state index contributed by atoms with van der Waals surface area (Å²) < 4.78 is 7.46. The third kappa shape index (κ3) is 3.74. The molecule has 1 aromatic heterocycles. The number of carbonyl (C=O) groups is 1. The molecule has 0 spiro atoms. The third-order valence-corrected chi connectivity index (χ3v) is 5.12. The van der Waals surface area contributed by atoms with Crippen molar-refractivity contribution >= 4 is 46.7 Å². The minimum absolute atomic E-state index is 0.116. The Labute approximate surface area is 170 Å². The number of aromatic nitrogens is 3. The van der Waals surface area contributed by atoms with Crippen LogP contribution in [-0.2, 0) is 11.4 Å². The van der Waals surface area contributed by atoms with Gasteiger partial charge < -0.3 is 4.74 Å². The molecule has 1 aliphatic rings. The SMILES string of the molecule is O=C1C[C@@H](c2ccc(OCc3ccc(Cl)cc3Cl)c(Cl)c2)n2ncnc2N1. The van der Waals surface area contributed by atoms with E-state index in [1.54, 1.807) is 35.0 Å². The summed E-state index contributed by atoms with van der Waals surface area (Å²) in [5.74, 6) is 0.824. The van der Waals surface area contributed by atoms with Crippen molar-refractivity contribution in [2.45, 2.75) is 19.1 Å². The highest BCUT2D eigenvalue weighted by atomic mass is 35.5. The summed E-state index contributed by atoms with van der Waals surface area (Å²) in [5.41, 5.74) is 1.65. The molecule has 0 saturated carbocycles. The number of ether oxygens (including phenoxy) is 1. The number of fused-ring (bicyclic) bond motifs is 1. The Balaban J connectivity index is 1.54. The molecule has 9 heteroatoms. The highest BCUT2D eigenvalue weighted by Crippen LogP contribution is 2.34. The number of halogens is 3. The average Bonchev–Trinajstić information content (AvgIpc) is 3.09. The quantitative estimate of drug-likeness (QED) is 0.657. The second kappa shape index (κ2) is 7.38. The fraction of sp³-hybridized carbons (Fsp3) is 0.167. The van der Waals surface area contributed by atoms with Crippen molar-refractivity contribution in [2.75, 3.05) is 5.32 Å². The van der Waals surface area contributed by atoms with Crippen LogP contribution in [0.15, 0.2) is 42.7 Å². The molecule has 0 radical (unpaired) electrons. The molecule has 2 aromatic carbocycles. The van der Waals surface area contributed by atoms with Crippen LogP contribution in [0.1, 0.15) is 23.6 Å². The Kier molecular flexibility index (Phi) is 4.95. The normalized spacial score (nSPS) is 16.0. The van der Waals surface area contributed by atoms with Crippen molar-refractivity contribution in [3.05, 3.63) is 68.9 Å². The van der Waals surface area contributed by atoms with Crippen molar-refractivity contribution in [2.24, 2.45) is 0 Å². The molecule has 2 heterocycles. The highest BCUT2D eigenvalue weighted by molar-refractivity contribution is 6.35. The Morgan fingerprint density at radius 1 is 1.15 bits per heavy atom. The van der Waals surface area contributed by atoms with Crippen molar-refractivity contribution in [1.29, 1.82) is 0 Å². The lowest BCUT2D eigenvalue weighted by atomic mass is 10.0. The molecule has 0 fully saturated rings. The number of hydrogen-bond donors (Lipinski definition) is 1. The van der Waals surface area contributed by atoms with Crippen molar-refractivity contribution in [3.8, 4) is 5.75 Å². The minimum Gasteiger partial charge on any atom is -0.487 e. The Bertz CT molecular complexity index is 1020. The molecule has 1 amide bonds. The molecule has 1 aliphatic heterocycles. The average molecular weight is 424 g/mol. The van der Waals surface area contributed by atoms with Gasteiger partial charge in [0.25, 0.3) is 0 Å². The number of carbonyl (C=O) groups excluding carboxylic acids is 1. The van der Waals surface area contributed by atoms with Gasteiger partial charge in [-0.15, -0.1) is 0 Å². The predicted molar refractivity (Wildman–Crippen MR) is 104 cm³/mol. The summed E-state index contributed by atoms with van der Waals surface area (Å²) in [5, 5.41) is 8.40. The number of benzene rings is 2. The van der Waals surface area contributed by atoms with Gasteiger partial charge in [0, 0.05) is 15.6 Å². The predicted octanol–water partition coefficient (Wildman–Crippen LogP) is 4.75. The van der Waals surface area contributed by atoms with E-state index in [2.05, 4.69) is 15.4 Å². The van der Waals surface area contributed by atoms with Gasteiger partial charge in [0.2, 0.25) is 11.9 Å². The van der Waals surface area contributed by atoms with Crippen LogP contribution in [-0.4, -0.2) is 20.7 Å². The first-order valence-corrected chi connectivity index (χ1v) is 9.20. The molecule has 0 unspecified atom stereocenters. The third-order valence-electron chi connectivity index (χ3n) is 4.24. The van der Waals surface area contributed by atoms with E-state index in [0.717, 1.165) is 11.1 Å². The number of rotatable bonds is 4. The van der Waals surface area contributed by atoms with Crippen LogP contribution in [0.4, 0.5) is 5.95 Å². The maximum atomic E-state index is 11.9. The van der Waals surface area contributed by atoms with Crippen molar-refractivity contribution in [3.63, 3.8) is 0 Å². The second-order valence-corrected chi connectivity index (χ2v) is 7.26. The van der Waals surface area contributed by atoms with Crippen LogP contribution in [0, 0.1) is 0 Å². The molecule has 4 rings (SSSR count). The monoisotopic (exact) mass is 422 g/mol. The zero-order valence-electron chi connectivity index (χ0n) is 13.8. The molecule has 1 atom stereocenters. The van der Waals surface area contributed by atoms with Gasteiger partial charge in [0.15, 0.2) is 0 Å². The zero-order chi connectivity index (χ0) is 19.0. The first-order valence-electron chi connectivity index (χ1n) is 8.07.